The Labute approximate surface area is 189 Å². The van der Waals surface area contributed by atoms with Gasteiger partial charge in [-0.15, -0.1) is 11.3 Å². The molecule has 0 unspecified atom stereocenters. The molecule has 156 valence electrons. The number of carboxylic acids is 1. The molecule has 31 heavy (non-hydrogen) atoms. The van der Waals surface area contributed by atoms with Gasteiger partial charge in [-0.25, -0.2) is 13.2 Å². The Morgan fingerprint density at radius 1 is 0.968 bits per heavy atom. The fourth-order valence-electron chi connectivity index (χ4n) is 3.19. The van der Waals surface area contributed by atoms with E-state index in [1.807, 2.05) is 18.2 Å². The monoisotopic (exact) mass is 517 g/mol. The number of hydrogen-bond acceptors (Lipinski definition) is 6. The van der Waals surface area contributed by atoms with E-state index in [0.717, 1.165) is 25.9 Å². The number of sulfonamides is 1. The summed E-state index contributed by atoms with van der Waals surface area (Å²) in [5, 5.41) is 10.4. The highest BCUT2D eigenvalue weighted by Gasteiger charge is 2.27. The van der Waals surface area contributed by atoms with Gasteiger partial charge in [-0.1, -0.05) is 34.1 Å². The topological polar surface area (TPSA) is 102 Å². The number of halogens is 1. The Morgan fingerprint density at radius 3 is 2.42 bits per heavy atom. The first kappa shape index (κ1) is 19.9. The number of rotatable bonds is 4. The maximum absolute atomic E-state index is 13.0. The van der Waals surface area contributed by atoms with Crippen LogP contribution < -0.4 is 14.2 Å². The van der Waals surface area contributed by atoms with Crippen molar-refractivity contribution in [3.8, 4) is 23.0 Å². The van der Waals surface area contributed by atoms with E-state index in [1.54, 1.807) is 30.3 Å². The average molecular weight is 518 g/mol. The lowest BCUT2D eigenvalue weighted by atomic mass is 10.1. The third kappa shape index (κ3) is 3.52. The van der Waals surface area contributed by atoms with E-state index in [0.29, 0.717) is 11.5 Å². The number of carboxylic acid groups (broad SMARTS) is 1. The summed E-state index contributed by atoms with van der Waals surface area (Å²) in [7, 11) is -3.96. The minimum absolute atomic E-state index is 0.0138. The summed E-state index contributed by atoms with van der Waals surface area (Å²) < 4.78 is 41.6. The van der Waals surface area contributed by atoms with Crippen LogP contribution in [0.25, 0.3) is 10.1 Å². The molecule has 0 bridgehead atoms. The number of anilines is 1. The van der Waals surface area contributed by atoms with Crippen LogP contribution in [0.15, 0.2) is 69.3 Å². The Hall–Kier alpha value is -3.08. The van der Waals surface area contributed by atoms with E-state index in [9.17, 15) is 18.3 Å². The van der Waals surface area contributed by atoms with Crippen LogP contribution in [0.3, 0.4) is 0 Å². The van der Waals surface area contributed by atoms with Gasteiger partial charge in [0.25, 0.3) is 10.0 Å². The highest BCUT2D eigenvalue weighted by molar-refractivity contribution is 9.10. The van der Waals surface area contributed by atoms with E-state index in [1.165, 1.54) is 12.1 Å². The summed E-state index contributed by atoms with van der Waals surface area (Å²) in [6.45, 7) is 0. The van der Waals surface area contributed by atoms with Crippen LogP contribution in [0.4, 0.5) is 5.69 Å². The van der Waals surface area contributed by atoms with Crippen LogP contribution in [-0.4, -0.2) is 19.5 Å². The molecule has 1 aliphatic rings. The molecule has 10 heteroatoms. The fourth-order valence-corrected chi connectivity index (χ4v) is 6.25. The molecule has 7 nitrogen and oxygen atoms in total. The maximum Gasteiger partial charge on any atom is 0.339 e. The second-order valence-electron chi connectivity index (χ2n) is 6.63. The first-order chi connectivity index (χ1) is 14.8. The van der Waals surface area contributed by atoms with Crippen molar-refractivity contribution in [2.75, 3.05) is 4.72 Å². The highest BCUT2D eigenvalue weighted by atomic mass is 79.9. The molecular formula is C21H12BrNO6S2. The molecule has 0 saturated heterocycles. The van der Waals surface area contributed by atoms with Gasteiger partial charge in [-0.05, 0) is 36.4 Å². The zero-order chi connectivity index (χ0) is 21.8. The van der Waals surface area contributed by atoms with Crippen molar-refractivity contribution in [3.05, 3.63) is 70.7 Å². The summed E-state index contributed by atoms with van der Waals surface area (Å²) in [6.07, 6.45) is 0. The fraction of sp³-hybridized carbons (Fsp3) is 0. The molecule has 0 amide bonds. The van der Waals surface area contributed by atoms with Crippen molar-refractivity contribution < 1.29 is 27.8 Å². The smallest absolute Gasteiger partial charge is 0.339 e. The average Bonchev–Trinajstić information content (AvgIpc) is 3.18. The predicted molar refractivity (Wildman–Crippen MR) is 120 cm³/mol. The number of carbonyl (C=O) groups is 1. The zero-order valence-electron chi connectivity index (χ0n) is 15.5. The summed E-state index contributed by atoms with van der Waals surface area (Å²) >= 11 is 4.53. The largest absolute Gasteiger partial charge is 0.478 e. The normalized spacial score (nSPS) is 12.4. The van der Waals surface area contributed by atoms with E-state index in [2.05, 4.69) is 20.7 Å². The number of fused-ring (bicyclic) bond motifs is 3. The minimum atomic E-state index is -3.96. The molecule has 0 atom stereocenters. The summed E-state index contributed by atoms with van der Waals surface area (Å²) in [5.41, 5.74) is -0.167. The van der Waals surface area contributed by atoms with Gasteiger partial charge < -0.3 is 14.6 Å². The molecule has 0 fully saturated rings. The number of thiophene rings is 1. The zero-order valence-corrected chi connectivity index (χ0v) is 18.7. The van der Waals surface area contributed by atoms with Crippen molar-refractivity contribution in [3.63, 3.8) is 0 Å². The lowest BCUT2D eigenvalue weighted by Gasteiger charge is -2.22. The molecule has 1 aliphatic heterocycles. The van der Waals surface area contributed by atoms with Gasteiger partial charge in [0.2, 0.25) is 0 Å². The summed E-state index contributed by atoms with van der Waals surface area (Å²) in [4.78, 5) is 11.8. The molecule has 2 N–H and O–H groups in total. The number of nitrogens with one attached hydrogen (secondary N) is 1. The lowest BCUT2D eigenvalue weighted by Crippen LogP contribution is -2.13. The van der Waals surface area contributed by atoms with Crippen LogP contribution >= 0.6 is 27.3 Å². The van der Waals surface area contributed by atoms with Crippen LogP contribution in [0, 0.1) is 0 Å². The second kappa shape index (κ2) is 7.26. The lowest BCUT2D eigenvalue weighted by molar-refractivity contribution is 0.0693. The Kier molecular flexibility index (Phi) is 4.65. The third-order valence-electron chi connectivity index (χ3n) is 4.57. The van der Waals surface area contributed by atoms with Crippen molar-refractivity contribution in [2.24, 2.45) is 0 Å². The van der Waals surface area contributed by atoms with E-state index in [-0.39, 0.29) is 27.0 Å². The van der Waals surface area contributed by atoms with Gasteiger partial charge in [0, 0.05) is 20.6 Å². The predicted octanol–water partition coefficient (Wildman–Crippen LogP) is 6.06. The van der Waals surface area contributed by atoms with Crippen molar-refractivity contribution >= 4 is 59.0 Å². The first-order valence-electron chi connectivity index (χ1n) is 8.89. The van der Waals surface area contributed by atoms with Gasteiger partial charge >= 0.3 is 5.97 Å². The molecule has 1 aromatic heterocycles. The SMILES string of the molecule is O=C(O)c1cc(NS(=O)(=O)c2cc3c(Br)cccc3s2)cc2c1Oc1ccccc1O2. The van der Waals surface area contributed by atoms with Gasteiger partial charge in [-0.3, -0.25) is 4.72 Å². The number of para-hydroxylation sites is 2. The number of benzene rings is 3. The van der Waals surface area contributed by atoms with Crippen LogP contribution in [0.5, 0.6) is 23.0 Å². The van der Waals surface area contributed by atoms with Gasteiger partial charge in [0.05, 0.1) is 5.69 Å². The molecule has 0 aliphatic carbocycles. The van der Waals surface area contributed by atoms with Crippen LogP contribution in [0.2, 0.25) is 0 Å². The van der Waals surface area contributed by atoms with E-state index >= 15 is 0 Å². The van der Waals surface area contributed by atoms with Gasteiger partial charge in [0.15, 0.2) is 23.0 Å². The van der Waals surface area contributed by atoms with Crippen molar-refractivity contribution in [1.82, 2.24) is 0 Å². The Balaban J connectivity index is 1.55. The first-order valence-corrected chi connectivity index (χ1v) is 12.0. The van der Waals surface area contributed by atoms with Crippen LogP contribution in [-0.2, 0) is 10.0 Å². The second-order valence-corrected chi connectivity index (χ2v) is 10.5. The Bertz CT molecular complexity index is 1480. The molecule has 0 radical (unpaired) electrons. The molecule has 2 heterocycles. The number of hydrogen-bond donors (Lipinski definition) is 2. The maximum atomic E-state index is 13.0. The summed E-state index contributed by atoms with van der Waals surface area (Å²) in [6, 6.07) is 16.5. The molecule has 5 rings (SSSR count). The third-order valence-corrected chi connectivity index (χ3v) is 8.22. The van der Waals surface area contributed by atoms with Gasteiger partial charge in [0.1, 0.15) is 9.77 Å². The van der Waals surface area contributed by atoms with Crippen molar-refractivity contribution in [1.29, 1.82) is 0 Å². The van der Waals surface area contributed by atoms with E-state index in [4.69, 9.17) is 9.47 Å². The molecule has 3 aromatic carbocycles. The Morgan fingerprint density at radius 2 is 1.71 bits per heavy atom. The number of aromatic carboxylic acids is 1. The molecule has 0 saturated carbocycles. The van der Waals surface area contributed by atoms with Crippen LogP contribution in [0.1, 0.15) is 10.4 Å². The molecule has 0 spiro atoms. The van der Waals surface area contributed by atoms with Crippen molar-refractivity contribution in [2.45, 2.75) is 4.21 Å². The quantitative estimate of drug-likeness (QED) is 0.300. The molecule has 4 aromatic rings. The highest BCUT2D eigenvalue weighted by Crippen LogP contribution is 2.48. The molecular weight excluding hydrogens is 506 g/mol. The standard InChI is InChI=1S/C21H12BrNO6S2/c22-14-4-3-7-18-12(14)10-19(30-18)31(26,27)23-11-8-13(21(24)25)20-17(9-11)28-15-5-1-2-6-16(15)29-20/h1-10,23H,(H,24,25). The summed E-state index contributed by atoms with van der Waals surface area (Å²) in [5.74, 6) is -0.371. The van der Waals surface area contributed by atoms with E-state index < -0.39 is 16.0 Å². The minimum Gasteiger partial charge on any atom is -0.478 e. The number of ether oxygens (including phenoxy) is 2. The van der Waals surface area contributed by atoms with Gasteiger partial charge in [-0.2, -0.15) is 0 Å².